The van der Waals surface area contributed by atoms with Crippen molar-refractivity contribution in [2.75, 3.05) is 0 Å². The molecule has 2 rings (SSSR count). The van der Waals surface area contributed by atoms with Crippen LogP contribution in [0, 0.1) is 32.9 Å². The van der Waals surface area contributed by atoms with Gasteiger partial charge >= 0.3 is 0 Å². The van der Waals surface area contributed by atoms with Gasteiger partial charge in [-0.1, -0.05) is 24.3 Å². The topological polar surface area (TPSA) is 38.4 Å². The molecule has 0 N–H and O–H groups in total. The van der Waals surface area contributed by atoms with Gasteiger partial charge in [0.15, 0.2) is 0 Å². The van der Waals surface area contributed by atoms with Crippen LogP contribution >= 0.6 is 0 Å². The van der Waals surface area contributed by atoms with Crippen LogP contribution in [-0.2, 0) is 0 Å². The monoisotopic (exact) mass is 254 g/mol. The number of azo groups is 1. The second kappa shape index (κ2) is 5.22. The van der Waals surface area contributed by atoms with E-state index in [1.807, 2.05) is 58.0 Å². The molecule has 0 aliphatic carbocycles. The van der Waals surface area contributed by atoms with Gasteiger partial charge in [0, 0.05) is 16.7 Å². The van der Waals surface area contributed by atoms with E-state index in [9.17, 15) is 5.21 Å². The van der Waals surface area contributed by atoms with E-state index in [2.05, 4.69) is 5.11 Å². The smallest absolute Gasteiger partial charge is 0.248 e. The summed E-state index contributed by atoms with van der Waals surface area (Å²) in [7, 11) is 0. The fourth-order valence-corrected chi connectivity index (χ4v) is 1.94. The maximum atomic E-state index is 12.2. The predicted octanol–water partition coefficient (Wildman–Crippen LogP) is 4.85. The molecular weight excluding hydrogens is 236 g/mol. The Morgan fingerprint density at radius 2 is 1.42 bits per heavy atom. The van der Waals surface area contributed by atoms with Gasteiger partial charge in [-0.3, -0.25) is 0 Å². The van der Waals surface area contributed by atoms with Gasteiger partial charge in [0.25, 0.3) is 0 Å². The van der Waals surface area contributed by atoms with E-state index < -0.39 is 0 Å². The second-order valence-corrected chi connectivity index (χ2v) is 4.81. The van der Waals surface area contributed by atoms with Crippen LogP contribution in [0.15, 0.2) is 41.5 Å². The van der Waals surface area contributed by atoms with Gasteiger partial charge in [-0.2, -0.15) is 0 Å². The lowest BCUT2D eigenvalue weighted by atomic mass is 10.1. The van der Waals surface area contributed by atoms with Gasteiger partial charge in [0.2, 0.25) is 5.69 Å². The molecule has 0 fully saturated rings. The lowest BCUT2D eigenvalue weighted by Gasteiger charge is -2.06. The first kappa shape index (κ1) is 13.3. The molecule has 3 nitrogen and oxygen atoms in total. The summed E-state index contributed by atoms with van der Waals surface area (Å²) in [5.41, 5.74) is 5.54. The van der Waals surface area contributed by atoms with E-state index in [0.717, 1.165) is 27.9 Å². The predicted molar refractivity (Wildman–Crippen MR) is 77.2 cm³/mol. The third-order valence-corrected chi connectivity index (χ3v) is 3.56. The Labute approximate surface area is 113 Å². The fourth-order valence-electron chi connectivity index (χ4n) is 1.94. The zero-order valence-corrected chi connectivity index (χ0v) is 11.8. The standard InChI is InChI=1S/C16H18N2O/c1-11-7-5-9-15(13(11)3)17-18(19)16-10-6-8-12(2)14(16)4/h5-10H,1-4H3. The summed E-state index contributed by atoms with van der Waals surface area (Å²) in [6.45, 7) is 7.92. The molecular formula is C16H18N2O. The molecule has 0 heterocycles. The average molecular weight is 254 g/mol. The molecule has 0 spiro atoms. The highest BCUT2D eigenvalue weighted by Crippen LogP contribution is 2.26. The highest BCUT2D eigenvalue weighted by atomic mass is 16.5. The minimum atomic E-state index is 0.598. The third-order valence-electron chi connectivity index (χ3n) is 3.56. The summed E-state index contributed by atoms with van der Waals surface area (Å²) in [5, 5.41) is 16.4. The molecule has 0 aromatic heterocycles. The van der Waals surface area contributed by atoms with Crippen LogP contribution in [-0.4, -0.2) is 4.86 Å². The Bertz CT molecular complexity index is 645. The van der Waals surface area contributed by atoms with Crippen molar-refractivity contribution in [3.05, 3.63) is 63.9 Å². The van der Waals surface area contributed by atoms with Crippen molar-refractivity contribution in [3.8, 4) is 0 Å². The van der Waals surface area contributed by atoms with Gasteiger partial charge in [-0.05, 0) is 55.3 Å². The SMILES string of the molecule is Cc1cccc(N=[N+]([O-])c2cccc(C)c2C)c1C. The molecule has 0 saturated heterocycles. The number of aryl methyl sites for hydroxylation is 2. The summed E-state index contributed by atoms with van der Waals surface area (Å²) < 4.78 is 0. The number of benzene rings is 2. The van der Waals surface area contributed by atoms with Crippen molar-refractivity contribution in [2.45, 2.75) is 27.7 Å². The normalized spacial score (nSPS) is 11.7. The van der Waals surface area contributed by atoms with Crippen molar-refractivity contribution in [1.29, 1.82) is 0 Å². The molecule has 0 aliphatic heterocycles. The molecule has 0 amide bonds. The molecule has 3 heteroatoms. The van der Waals surface area contributed by atoms with Gasteiger partial charge in [0.05, 0.1) is 0 Å². The first-order valence-corrected chi connectivity index (χ1v) is 6.32. The lowest BCUT2D eigenvalue weighted by molar-refractivity contribution is -0.435. The second-order valence-electron chi connectivity index (χ2n) is 4.81. The maximum absolute atomic E-state index is 12.2. The number of rotatable bonds is 2. The van der Waals surface area contributed by atoms with E-state index in [-0.39, 0.29) is 0 Å². The zero-order valence-electron chi connectivity index (χ0n) is 11.8. The number of hydrogen-bond acceptors (Lipinski definition) is 2. The van der Waals surface area contributed by atoms with Crippen molar-refractivity contribution >= 4 is 11.4 Å². The highest BCUT2D eigenvalue weighted by molar-refractivity contribution is 5.49. The highest BCUT2D eigenvalue weighted by Gasteiger charge is 2.11. The molecule has 0 bridgehead atoms. The van der Waals surface area contributed by atoms with Crippen molar-refractivity contribution in [3.63, 3.8) is 0 Å². The molecule has 2 aromatic rings. The molecule has 2 aromatic carbocycles. The first-order valence-electron chi connectivity index (χ1n) is 6.32. The van der Waals surface area contributed by atoms with E-state index in [4.69, 9.17) is 0 Å². The maximum Gasteiger partial charge on any atom is 0.248 e. The van der Waals surface area contributed by atoms with Crippen LogP contribution in [0.1, 0.15) is 22.3 Å². The van der Waals surface area contributed by atoms with E-state index in [1.54, 1.807) is 6.07 Å². The van der Waals surface area contributed by atoms with E-state index in [0.29, 0.717) is 10.5 Å². The molecule has 98 valence electrons. The molecule has 0 unspecified atom stereocenters. The molecule has 19 heavy (non-hydrogen) atoms. The van der Waals surface area contributed by atoms with Crippen LogP contribution in [0.2, 0.25) is 0 Å². The summed E-state index contributed by atoms with van der Waals surface area (Å²) in [6.07, 6.45) is 0. The lowest BCUT2D eigenvalue weighted by Crippen LogP contribution is -1.95. The molecule has 0 radical (unpaired) electrons. The summed E-state index contributed by atoms with van der Waals surface area (Å²) in [6, 6.07) is 11.5. The van der Waals surface area contributed by atoms with Gasteiger partial charge in [-0.15, -0.1) is 0 Å². The Hall–Kier alpha value is -2.16. The Kier molecular flexibility index (Phi) is 3.65. The summed E-state index contributed by atoms with van der Waals surface area (Å²) in [5.74, 6) is 0. The number of hydrogen-bond donors (Lipinski definition) is 0. The van der Waals surface area contributed by atoms with Crippen LogP contribution in [0.4, 0.5) is 11.4 Å². The molecule has 0 atom stereocenters. The van der Waals surface area contributed by atoms with Crippen molar-refractivity contribution in [1.82, 2.24) is 0 Å². The largest absolute Gasteiger partial charge is 0.594 e. The van der Waals surface area contributed by atoms with Gasteiger partial charge in [0.1, 0.15) is 5.69 Å². The average Bonchev–Trinajstić information content (AvgIpc) is 2.38. The van der Waals surface area contributed by atoms with Crippen LogP contribution in [0.25, 0.3) is 0 Å². The summed E-state index contributed by atoms with van der Waals surface area (Å²) >= 11 is 0. The van der Waals surface area contributed by atoms with Gasteiger partial charge < -0.3 is 5.21 Å². The molecule has 0 saturated carbocycles. The minimum absolute atomic E-state index is 0.598. The Balaban J connectivity index is 2.49. The quantitative estimate of drug-likeness (QED) is 0.429. The number of nitrogens with zero attached hydrogens (tertiary/aromatic N) is 2. The minimum Gasteiger partial charge on any atom is -0.594 e. The van der Waals surface area contributed by atoms with Crippen molar-refractivity contribution in [2.24, 2.45) is 5.11 Å². The molecule has 0 aliphatic rings. The van der Waals surface area contributed by atoms with Crippen LogP contribution in [0.3, 0.4) is 0 Å². The van der Waals surface area contributed by atoms with E-state index >= 15 is 0 Å². The van der Waals surface area contributed by atoms with Crippen LogP contribution in [0.5, 0.6) is 0 Å². The van der Waals surface area contributed by atoms with E-state index in [1.165, 1.54) is 0 Å². The Morgan fingerprint density at radius 1 is 0.842 bits per heavy atom. The van der Waals surface area contributed by atoms with Gasteiger partial charge in [-0.25, -0.2) is 0 Å². The Morgan fingerprint density at radius 3 is 2.11 bits per heavy atom. The fraction of sp³-hybridized carbons (Fsp3) is 0.250. The van der Waals surface area contributed by atoms with Crippen molar-refractivity contribution < 1.29 is 4.86 Å². The van der Waals surface area contributed by atoms with Crippen LogP contribution < -0.4 is 0 Å². The zero-order chi connectivity index (χ0) is 14.0. The third kappa shape index (κ3) is 2.65. The summed E-state index contributed by atoms with van der Waals surface area (Å²) in [4.78, 5) is 0.712. The first-order chi connectivity index (χ1) is 9.00.